The third-order valence-corrected chi connectivity index (χ3v) is 5.58. The lowest BCUT2D eigenvalue weighted by molar-refractivity contribution is -0.127. The molecule has 4 nitrogen and oxygen atoms in total. The van der Waals surface area contributed by atoms with Gasteiger partial charge in [-0.1, -0.05) is 45.4 Å². The van der Waals surface area contributed by atoms with Crippen molar-refractivity contribution < 1.29 is 9.59 Å². The van der Waals surface area contributed by atoms with E-state index in [9.17, 15) is 9.59 Å². The van der Waals surface area contributed by atoms with Crippen molar-refractivity contribution >= 4 is 11.8 Å². The highest BCUT2D eigenvalue weighted by atomic mass is 16.2. The molecule has 0 aromatic carbocycles. The van der Waals surface area contributed by atoms with Crippen molar-refractivity contribution in [1.82, 2.24) is 10.6 Å². The maximum absolute atomic E-state index is 12.1. The number of amides is 2. The molecule has 0 radical (unpaired) electrons. The molecular weight excluding hydrogens is 288 g/mol. The van der Waals surface area contributed by atoms with E-state index in [0.717, 1.165) is 6.42 Å². The highest BCUT2D eigenvalue weighted by molar-refractivity contribution is 5.84. The van der Waals surface area contributed by atoms with E-state index in [1.807, 2.05) is 0 Å². The van der Waals surface area contributed by atoms with Crippen LogP contribution in [0.2, 0.25) is 0 Å². The van der Waals surface area contributed by atoms with E-state index in [1.54, 1.807) is 0 Å². The summed E-state index contributed by atoms with van der Waals surface area (Å²) < 4.78 is 0. The van der Waals surface area contributed by atoms with E-state index >= 15 is 0 Å². The first-order valence-electron chi connectivity index (χ1n) is 9.75. The molecule has 0 aromatic heterocycles. The number of rotatable bonds is 8. The van der Waals surface area contributed by atoms with Crippen LogP contribution in [-0.4, -0.2) is 24.4 Å². The van der Waals surface area contributed by atoms with E-state index in [2.05, 4.69) is 17.6 Å². The molecule has 0 aromatic rings. The molecule has 4 heteroatoms. The zero-order valence-corrected chi connectivity index (χ0v) is 14.7. The van der Waals surface area contributed by atoms with Crippen LogP contribution in [0.15, 0.2) is 0 Å². The van der Waals surface area contributed by atoms with Crippen LogP contribution in [0.1, 0.15) is 84.0 Å². The predicted molar refractivity (Wildman–Crippen MR) is 93.0 cm³/mol. The Morgan fingerprint density at radius 1 is 0.957 bits per heavy atom. The first-order valence-corrected chi connectivity index (χ1v) is 9.75. The zero-order chi connectivity index (χ0) is 16.5. The minimum Gasteiger partial charge on any atom is -0.352 e. The lowest BCUT2D eigenvalue weighted by Gasteiger charge is -2.22. The van der Waals surface area contributed by atoms with Crippen molar-refractivity contribution in [3.63, 3.8) is 0 Å². The van der Waals surface area contributed by atoms with E-state index in [4.69, 9.17) is 0 Å². The van der Waals surface area contributed by atoms with Crippen molar-refractivity contribution in [3.8, 4) is 0 Å². The van der Waals surface area contributed by atoms with Crippen LogP contribution in [0.4, 0.5) is 0 Å². The van der Waals surface area contributed by atoms with Gasteiger partial charge in [-0.2, -0.15) is 0 Å². The molecule has 0 heterocycles. The quantitative estimate of drug-likeness (QED) is 0.718. The molecule has 2 atom stereocenters. The minimum atomic E-state index is -0.0182. The van der Waals surface area contributed by atoms with Crippen LogP contribution >= 0.6 is 0 Å². The van der Waals surface area contributed by atoms with Gasteiger partial charge in [0.25, 0.3) is 0 Å². The molecule has 2 amide bonds. The second-order valence-corrected chi connectivity index (χ2v) is 7.49. The van der Waals surface area contributed by atoms with Crippen molar-refractivity contribution in [3.05, 3.63) is 0 Å². The van der Waals surface area contributed by atoms with Crippen LogP contribution in [0.3, 0.4) is 0 Å². The molecule has 23 heavy (non-hydrogen) atoms. The van der Waals surface area contributed by atoms with Crippen LogP contribution in [0, 0.1) is 11.8 Å². The van der Waals surface area contributed by atoms with Gasteiger partial charge in [-0.25, -0.2) is 0 Å². The second kappa shape index (κ2) is 9.94. The molecule has 2 aliphatic rings. The van der Waals surface area contributed by atoms with Gasteiger partial charge < -0.3 is 10.6 Å². The molecule has 0 aliphatic heterocycles. The number of hydrogen-bond donors (Lipinski definition) is 2. The Kier molecular flexibility index (Phi) is 7.90. The lowest BCUT2D eigenvalue weighted by atomic mass is 9.87. The topological polar surface area (TPSA) is 58.2 Å². The molecule has 132 valence electrons. The molecule has 2 fully saturated rings. The predicted octanol–water partition coefficient (Wildman–Crippen LogP) is 3.55. The normalized spacial score (nSPS) is 25.3. The molecule has 0 spiro atoms. The Hall–Kier alpha value is -1.06. The van der Waals surface area contributed by atoms with E-state index in [-0.39, 0.29) is 18.4 Å². The van der Waals surface area contributed by atoms with E-state index in [0.29, 0.717) is 24.3 Å². The van der Waals surface area contributed by atoms with Gasteiger partial charge >= 0.3 is 0 Å². The fourth-order valence-electron chi connectivity index (χ4n) is 4.20. The summed E-state index contributed by atoms with van der Waals surface area (Å²) in [6.07, 6.45) is 14.0. The summed E-state index contributed by atoms with van der Waals surface area (Å²) in [6.45, 7) is 2.35. The summed E-state index contributed by atoms with van der Waals surface area (Å²) in [5.74, 6) is 1.19. The largest absolute Gasteiger partial charge is 0.352 e. The van der Waals surface area contributed by atoms with E-state index < -0.39 is 0 Å². The maximum Gasteiger partial charge on any atom is 0.239 e. The lowest BCUT2D eigenvalue weighted by Crippen LogP contribution is -2.43. The van der Waals surface area contributed by atoms with Gasteiger partial charge in [-0.15, -0.1) is 0 Å². The van der Waals surface area contributed by atoms with Gasteiger partial charge in [0.2, 0.25) is 11.8 Å². The highest BCUT2D eigenvalue weighted by Gasteiger charge is 2.27. The number of nitrogens with one attached hydrogen (secondary N) is 2. The van der Waals surface area contributed by atoms with Crippen molar-refractivity contribution in [2.75, 3.05) is 6.54 Å². The van der Waals surface area contributed by atoms with Gasteiger partial charge in [-0.3, -0.25) is 9.59 Å². The Labute approximate surface area is 141 Å². The van der Waals surface area contributed by atoms with Gasteiger partial charge in [0.15, 0.2) is 0 Å². The molecular formula is C19H34N2O2. The summed E-state index contributed by atoms with van der Waals surface area (Å²) >= 11 is 0. The molecule has 2 unspecified atom stereocenters. The Morgan fingerprint density at radius 3 is 2.48 bits per heavy atom. The summed E-state index contributed by atoms with van der Waals surface area (Å²) in [5.41, 5.74) is 0. The molecule has 0 saturated heterocycles. The maximum atomic E-state index is 12.1. The third-order valence-electron chi connectivity index (χ3n) is 5.58. The Morgan fingerprint density at radius 2 is 1.74 bits per heavy atom. The number of unbranched alkanes of at least 4 members (excludes halogenated alkanes) is 1. The van der Waals surface area contributed by atoms with Crippen LogP contribution < -0.4 is 10.6 Å². The van der Waals surface area contributed by atoms with Crippen molar-refractivity contribution in [1.29, 1.82) is 0 Å². The van der Waals surface area contributed by atoms with Crippen molar-refractivity contribution in [2.24, 2.45) is 11.8 Å². The number of carbonyl (C=O) groups is 2. The average molecular weight is 322 g/mol. The second-order valence-electron chi connectivity index (χ2n) is 7.49. The third kappa shape index (κ3) is 6.52. The Balaban J connectivity index is 1.63. The standard InChI is InChI=1S/C19H34N2O2/c1-2-3-10-16-11-7-12-17(16)21-19(23)14-20-18(22)13-15-8-5-4-6-9-15/h15-17H,2-14H2,1H3,(H,20,22)(H,21,23). The van der Waals surface area contributed by atoms with Crippen LogP contribution in [0.25, 0.3) is 0 Å². The van der Waals surface area contributed by atoms with Crippen LogP contribution in [-0.2, 0) is 9.59 Å². The van der Waals surface area contributed by atoms with Gasteiger partial charge in [0.05, 0.1) is 6.54 Å². The summed E-state index contributed by atoms with van der Waals surface area (Å²) in [5, 5.41) is 5.95. The number of hydrogen-bond acceptors (Lipinski definition) is 2. The molecule has 0 bridgehead atoms. The van der Waals surface area contributed by atoms with Crippen molar-refractivity contribution in [2.45, 2.75) is 90.0 Å². The first kappa shape index (κ1) is 18.3. The zero-order valence-electron chi connectivity index (χ0n) is 14.7. The molecule has 2 saturated carbocycles. The smallest absolute Gasteiger partial charge is 0.239 e. The summed E-state index contributed by atoms with van der Waals surface area (Å²) in [6, 6.07) is 0.323. The minimum absolute atomic E-state index is 0.0182. The van der Waals surface area contributed by atoms with Crippen LogP contribution in [0.5, 0.6) is 0 Å². The summed E-state index contributed by atoms with van der Waals surface area (Å²) in [7, 11) is 0. The van der Waals surface area contributed by atoms with Gasteiger partial charge in [-0.05, 0) is 43.9 Å². The Bertz CT molecular complexity index is 378. The fraction of sp³-hybridized carbons (Fsp3) is 0.895. The molecule has 2 aliphatic carbocycles. The highest BCUT2D eigenvalue weighted by Crippen LogP contribution is 2.29. The molecule has 2 rings (SSSR count). The molecule has 2 N–H and O–H groups in total. The number of carbonyl (C=O) groups excluding carboxylic acids is 2. The SMILES string of the molecule is CCCCC1CCCC1NC(=O)CNC(=O)CC1CCCCC1. The fourth-order valence-corrected chi connectivity index (χ4v) is 4.20. The average Bonchev–Trinajstić information content (AvgIpc) is 2.99. The summed E-state index contributed by atoms with van der Waals surface area (Å²) in [4.78, 5) is 24.1. The first-order chi connectivity index (χ1) is 11.2. The van der Waals surface area contributed by atoms with Gasteiger partial charge in [0, 0.05) is 12.5 Å². The van der Waals surface area contributed by atoms with Gasteiger partial charge in [0.1, 0.15) is 0 Å². The van der Waals surface area contributed by atoms with E-state index in [1.165, 1.54) is 64.2 Å². The monoisotopic (exact) mass is 322 g/mol.